The van der Waals surface area contributed by atoms with Gasteiger partial charge in [0.1, 0.15) is 5.75 Å². The number of rotatable bonds is 3. The van der Waals surface area contributed by atoms with Gasteiger partial charge < -0.3 is 24.3 Å². The molecule has 6 heteroatoms. The Labute approximate surface area is 139 Å². The summed E-state index contributed by atoms with van der Waals surface area (Å²) >= 11 is 0. The lowest BCUT2D eigenvalue weighted by Gasteiger charge is -2.32. The van der Waals surface area contributed by atoms with Crippen LogP contribution in [-0.2, 0) is 9.31 Å². The maximum atomic E-state index is 6.15. The topological polar surface area (TPSA) is 43.0 Å². The summed E-state index contributed by atoms with van der Waals surface area (Å²) < 4.78 is 17.9. The molecule has 0 aromatic heterocycles. The summed E-state index contributed by atoms with van der Waals surface area (Å²) in [7, 11) is 1.30. The van der Waals surface area contributed by atoms with Crippen molar-refractivity contribution in [2.45, 2.75) is 38.9 Å². The third-order valence-electron chi connectivity index (χ3n) is 5.21. The molecule has 126 valence electrons. The van der Waals surface area contributed by atoms with Crippen LogP contribution in [0, 0.1) is 0 Å². The standard InChI is InChI=1S/C17H27BN2O3/c1-16(2)17(3,4)23-18(22-16)14-7-6-13(12-15(14)21-5)20-10-8-19-9-11-20/h6-7,12,19H,8-11H2,1-5H3. The second-order valence-electron chi connectivity index (χ2n) is 7.25. The van der Waals surface area contributed by atoms with Gasteiger partial charge in [-0.1, -0.05) is 6.07 Å². The van der Waals surface area contributed by atoms with Gasteiger partial charge in [0.15, 0.2) is 0 Å². The number of nitrogens with one attached hydrogen (secondary N) is 1. The van der Waals surface area contributed by atoms with Crippen molar-refractivity contribution in [1.29, 1.82) is 0 Å². The molecule has 5 nitrogen and oxygen atoms in total. The molecule has 0 amide bonds. The number of methoxy groups -OCH3 is 1. The fraction of sp³-hybridized carbons (Fsp3) is 0.647. The highest BCUT2D eigenvalue weighted by atomic mass is 16.7. The van der Waals surface area contributed by atoms with Crippen LogP contribution < -0.4 is 20.4 Å². The van der Waals surface area contributed by atoms with Crippen LogP contribution in [0.25, 0.3) is 0 Å². The number of ether oxygens (including phenoxy) is 1. The lowest BCUT2D eigenvalue weighted by molar-refractivity contribution is 0.00578. The number of anilines is 1. The number of hydrogen-bond donors (Lipinski definition) is 1. The maximum absolute atomic E-state index is 6.15. The first kappa shape index (κ1) is 16.6. The molecule has 3 rings (SSSR count). The van der Waals surface area contributed by atoms with E-state index in [1.807, 2.05) is 0 Å². The number of piperazine rings is 1. The molecule has 0 bridgehead atoms. The van der Waals surface area contributed by atoms with E-state index >= 15 is 0 Å². The fourth-order valence-corrected chi connectivity index (χ4v) is 2.98. The van der Waals surface area contributed by atoms with E-state index in [-0.39, 0.29) is 11.2 Å². The van der Waals surface area contributed by atoms with E-state index in [2.05, 4.69) is 56.1 Å². The summed E-state index contributed by atoms with van der Waals surface area (Å²) in [6.45, 7) is 12.3. The van der Waals surface area contributed by atoms with Crippen LogP contribution in [-0.4, -0.2) is 51.6 Å². The molecule has 2 aliphatic rings. The molecule has 2 saturated heterocycles. The zero-order valence-corrected chi connectivity index (χ0v) is 14.8. The molecule has 0 atom stereocenters. The van der Waals surface area contributed by atoms with Gasteiger partial charge in [-0.2, -0.15) is 0 Å². The van der Waals surface area contributed by atoms with Crippen molar-refractivity contribution < 1.29 is 14.0 Å². The summed E-state index contributed by atoms with van der Waals surface area (Å²) in [6.07, 6.45) is 0. The summed E-state index contributed by atoms with van der Waals surface area (Å²) in [5.41, 5.74) is 1.44. The molecule has 23 heavy (non-hydrogen) atoms. The minimum absolute atomic E-state index is 0.347. The molecule has 2 heterocycles. The second-order valence-corrected chi connectivity index (χ2v) is 7.25. The van der Waals surface area contributed by atoms with Crippen LogP contribution in [0.3, 0.4) is 0 Å². The first-order chi connectivity index (χ1) is 10.8. The van der Waals surface area contributed by atoms with Crippen LogP contribution in [0.2, 0.25) is 0 Å². The molecule has 0 saturated carbocycles. The molecule has 2 fully saturated rings. The molecule has 1 aromatic rings. The van der Waals surface area contributed by atoms with E-state index in [4.69, 9.17) is 14.0 Å². The minimum atomic E-state index is -0.396. The SMILES string of the molecule is COc1cc(N2CCNCC2)ccc1B1OC(C)(C)C(C)(C)O1. The number of benzene rings is 1. The van der Waals surface area contributed by atoms with Gasteiger partial charge in [-0.15, -0.1) is 0 Å². The average Bonchev–Trinajstić information content (AvgIpc) is 2.75. The minimum Gasteiger partial charge on any atom is -0.497 e. The van der Waals surface area contributed by atoms with Crippen molar-refractivity contribution in [2.75, 3.05) is 38.2 Å². The Morgan fingerprint density at radius 3 is 2.26 bits per heavy atom. The Balaban J connectivity index is 1.86. The third-order valence-corrected chi connectivity index (χ3v) is 5.21. The molecule has 0 spiro atoms. The van der Waals surface area contributed by atoms with Crippen LogP contribution in [0.15, 0.2) is 18.2 Å². The average molecular weight is 318 g/mol. The lowest BCUT2D eigenvalue weighted by Crippen LogP contribution is -2.43. The van der Waals surface area contributed by atoms with E-state index in [9.17, 15) is 0 Å². The van der Waals surface area contributed by atoms with Crippen LogP contribution >= 0.6 is 0 Å². The van der Waals surface area contributed by atoms with Gasteiger partial charge in [0.05, 0.1) is 18.3 Å². The van der Waals surface area contributed by atoms with Gasteiger partial charge in [0.25, 0.3) is 0 Å². The first-order valence-corrected chi connectivity index (χ1v) is 8.33. The summed E-state index contributed by atoms with van der Waals surface area (Å²) in [6, 6.07) is 6.29. The summed E-state index contributed by atoms with van der Waals surface area (Å²) in [5.74, 6) is 0.819. The van der Waals surface area contributed by atoms with Gasteiger partial charge in [0.2, 0.25) is 0 Å². The Morgan fingerprint density at radius 1 is 1.09 bits per heavy atom. The van der Waals surface area contributed by atoms with Gasteiger partial charge in [-0.05, 0) is 33.8 Å². The lowest BCUT2D eigenvalue weighted by atomic mass is 9.78. The normalized spacial score (nSPS) is 23.2. The predicted molar refractivity (Wildman–Crippen MR) is 93.8 cm³/mol. The first-order valence-electron chi connectivity index (χ1n) is 8.33. The van der Waals surface area contributed by atoms with Crippen molar-refractivity contribution in [3.8, 4) is 5.75 Å². The highest BCUT2D eigenvalue weighted by Gasteiger charge is 2.52. The van der Waals surface area contributed by atoms with Crippen molar-refractivity contribution in [3.05, 3.63) is 18.2 Å². The monoisotopic (exact) mass is 318 g/mol. The van der Waals surface area contributed by atoms with Crippen LogP contribution in [0.4, 0.5) is 5.69 Å². The highest BCUT2D eigenvalue weighted by molar-refractivity contribution is 6.63. The summed E-state index contributed by atoms with van der Waals surface area (Å²) in [5, 5.41) is 3.37. The Bertz CT molecular complexity index is 555. The quantitative estimate of drug-likeness (QED) is 0.854. The maximum Gasteiger partial charge on any atom is 0.498 e. The molecule has 2 aliphatic heterocycles. The van der Waals surface area contributed by atoms with E-state index < -0.39 is 7.12 Å². The van der Waals surface area contributed by atoms with Crippen molar-refractivity contribution in [2.24, 2.45) is 0 Å². The molecule has 1 N–H and O–H groups in total. The zero-order chi connectivity index (χ0) is 16.7. The Hall–Kier alpha value is -1.24. The molecule has 0 radical (unpaired) electrons. The van der Waals surface area contributed by atoms with Crippen molar-refractivity contribution in [1.82, 2.24) is 5.32 Å². The zero-order valence-electron chi connectivity index (χ0n) is 14.8. The van der Waals surface area contributed by atoms with Gasteiger partial charge in [-0.25, -0.2) is 0 Å². The highest BCUT2D eigenvalue weighted by Crippen LogP contribution is 2.37. The van der Waals surface area contributed by atoms with Gasteiger partial charge in [0, 0.05) is 43.4 Å². The van der Waals surface area contributed by atoms with Gasteiger partial charge in [-0.3, -0.25) is 0 Å². The van der Waals surface area contributed by atoms with Crippen molar-refractivity contribution >= 4 is 18.3 Å². The molecular formula is C17H27BN2O3. The van der Waals surface area contributed by atoms with E-state index in [1.165, 1.54) is 5.69 Å². The van der Waals surface area contributed by atoms with Crippen molar-refractivity contribution in [3.63, 3.8) is 0 Å². The smallest absolute Gasteiger partial charge is 0.497 e. The van der Waals surface area contributed by atoms with Crippen LogP contribution in [0.1, 0.15) is 27.7 Å². The Morgan fingerprint density at radius 2 is 1.70 bits per heavy atom. The van der Waals surface area contributed by atoms with E-state index in [1.54, 1.807) is 7.11 Å². The Kier molecular flexibility index (Phi) is 4.34. The van der Waals surface area contributed by atoms with Gasteiger partial charge >= 0.3 is 7.12 Å². The largest absolute Gasteiger partial charge is 0.498 e. The molecule has 0 aliphatic carbocycles. The molecular weight excluding hydrogens is 291 g/mol. The third kappa shape index (κ3) is 3.07. The molecule has 1 aromatic carbocycles. The van der Waals surface area contributed by atoms with E-state index in [0.29, 0.717) is 0 Å². The molecule has 0 unspecified atom stereocenters. The predicted octanol–water partition coefficient (Wildman–Crippen LogP) is 1.40. The second kappa shape index (κ2) is 6.00. The van der Waals surface area contributed by atoms with E-state index in [0.717, 1.165) is 37.4 Å². The number of hydrogen-bond acceptors (Lipinski definition) is 5. The van der Waals surface area contributed by atoms with Crippen LogP contribution in [0.5, 0.6) is 5.75 Å². The fourth-order valence-electron chi connectivity index (χ4n) is 2.98. The summed E-state index contributed by atoms with van der Waals surface area (Å²) in [4.78, 5) is 2.37. The number of nitrogens with zero attached hydrogens (tertiary/aromatic N) is 1.